The maximum atomic E-state index is 2.60. The Morgan fingerprint density at radius 2 is 1.20 bits per heavy atom. The fraction of sp³-hybridized carbons (Fsp3) is 1.00. The van der Waals surface area contributed by atoms with Gasteiger partial charge in [0.2, 0.25) is 0 Å². The molecule has 0 N–H and O–H groups in total. The third-order valence-corrected chi connectivity index (χ3v) is 3.57. The van der Waals surface area contributed by atoms with Crippen molar-refractivity contribution in [1.29, 1.82) is 0 Å². The standard InChI is InChI=1S/C11H24N4/c1-12-3-6-14(7-4-12)9-10-15-8-5-13(2)11-15/h3-11H2,1-2H3. The van der Waals surface area contributed by atoms with Crippen LogP contribution < -0.4 is 0 Å². The zero-order chi connectivity index (χ0) is 10.7. The summed E-state index contributed by atoms with van der Waals surface area (Å²) in [5.74, 6) is 0. The summed E-state index contributed by atoms with van der Waals surface area (Å²) >= 11 is 0. The third-order valence-electron chi connectivity index (χ3n) is 3.57. The molecule has 2 aliphatic rings. The van der Waals surface area contributed by atoms with Gasteiger partial charge in [-0.05, 0) is 14.1 Å². The Labute approximate surface area is 93.4 Å². The van der Waals surface area contributed by atoms with E-state index in [0.29, 0.717) is 0 Å². The minimum atomic E-state index is 1.16. The van der Waals surface area contributed by atoms with Gasteiger partial charge in [0.25, 0.3) is 0 Å². The molecule has 2 fully saturated rings. The van der Waals surface area contributed by atoms with Gasteiger partial charge in [-0.3, -0.25) is 14.7 Å². The molecular weight excluding hydrogens is 188 g/mol. The smallest absolute Gasteiger partial charge is 0.0504 e. The lowest BCUT2D eigenvalue weighted by molar-refractivity contribution is 0.137. The molecule has 88 valence electrons. The average Bonchev–Trinajstić information content (AvgIpc) is 2.64. The Bertz CT molecular complexity index is 189. The molecule has 0 spiro atoms. The van der Waals surface area contributed by atoms with E-state index in [1.165, 1.54) is 52.4 Å². The highest BCUT2D eigenvalue weighted by Crippen LogP contribution is 2.03. The molecule has 0 radical (unpaired) electrons. The summed E-state index contributed by atoms with van der Waals surface area (Å²) in [5, 5.41) is 0. The van der Waals surface area contributed by atoms with Gasteiger partial charge >= 0.3 is 0 Å². The Morgan fingerprint density at radius 1 is 0.667 bits per heavy atom. The molecule has 0 unspecified atom stereocenters. The van der Waals surface area contributed by atoms with Gasteiger partial charge in [-0.15, -0.1) is 0 Å². The molecule has 2 rings (SSSR count). The lowest BCUT2D eigenvalue weighted by atomic mass is 10.3. The fourth-order valence-corrected chi connectivity index (χ4v) is 2.33. The molecule has 0 aliphatic carbocycles. The molecule has 2 saturated heterocycles. The van der Waals surface area contributed by atoms with Gasteiger partial charge in [-0.1, -0.05) is 0 Å². The minimum absolute atomic E-state index is 1.16. The SMILES string of the molecule is CN1CCN(CCN2CCN(C)C2)CC1. The second kappa shape index (κ2) is 5.25. The first kappa shape index (κ1) is 11.3. The summed E-state index contributed by atoms with van der Waals surface area (Å²) in [6, 6.07) is 0. The van der Waals surface area contributed by atoms with E-state index in [1.807, 2.05) is 0 Å². The Hall–Kier alpha value is -0.160. The van der Waals surface area contributed by atoms with E-state index in [4.69, 9.17) is 0 Å². The molecule has 0 aromatic carbocycles. The highest BCUT2D eigenvalue weighted by atomic mass is 15.4. The van der Waals surface area contributed by atoms with Gasteiger partial charge < -0.3 is 4.90 Å². The topological polar surface area (TPSA) is 13.0 Å². The van der Waals surface area contributed by atoms with Crippen molar-refractivity contribution >= 4 is 0 Å². The van der Waals surface area contributed by atoms with Crippen LogP contribution in [0.25, 0.3) is 0 Å². The van der Waals surface area contributed by atoms with E-state index in [0.717, 1.165) is 6.67 Å². The molecule has 2 aliphatic heterocycles. The Balaban J connectivity index is 1.61. The predicted octanol–water partition coefficient (Wildman–Crippen LogP) is -0.561. The second-order valence-electron chi connectivity index (χ2n) is 4.98. The lowest BCUT2D eigenvalue weighted by Crippen LogP contribution is -2.46. The van der Waals surface area contributed by atoms with Crippen molar-refractivity contribution in [3.05, 3.63) is 0 Å². The van der Waals surface area contributed by atoms with E-state index in [-0.39, 0.29) is 0 Å². The van der Waals surface area contributed by atoms with Gasteiger partial charge in [0.05, 0.1) is 6.67 Å². The second-order valence-corrected chi connectivity index (χ2v) is 4.98. The molecule has 0 aromatic heterocycles. The summed E-state index contributed by atoms with van der Waals surface area (Å²) in [6.45, 7) is 11.1. The van der Waals surface area contributed by atoms with Crippen LogP contribution in [-0.4, -0.2) is 92.7 Å². The van der Waals surface area contributed by atoms with Crippen LogP contribution in [0.1, 0.15) is 0 Å². The van der Waals surface area contributed by atoms with Crippen LogP contribution in [0.15, 0.2) is 0 Å². The lowest BCUT2D eigenvalue weighted by Gasteiger charge is -2.33. The van der Waals surface area contributed by atoms with Crippen molar-refractivity contribution in [3.8, 4) is 0 Å². The van der Waals surface area contributed by atoms with Crippen LogP contribution >= 0.6 is 0 Å². The molecule has 0 aromatic rings. The number of likely N-dealkylation sites (N-methyl/N-ethyl adjacent to an activating group) is 2. The minimum Gasteiger partial charge on any atom is -0.304 e. The van der Waals surface area contributed by atoms with Crippen molar-refractivity contribution in [2.45, 2.75) is 0 Å². The van der Waals surface area contributed by atoms with Gasteiger partial charge in [0.1, 0.15) is 0 Å². The van der Waals surface area contributed by atoms with Crippen LogP contribution in [-0.2, 0) is 0 Å². The van der Waals surface area contributed by atoms with E-state index in [1.54, 1.807) is 0 Å². The molecule has 0 saturated carbocycles. The van der Waals surface area contributed by atoms with Crippen LogP contribution in [0.4, 0.5) is 0 Å². The van der Waals surface area contributed by atoms with E-state index < -0.39 is 0 Å². The average molecular weight is 212 g/mol. The molecule has 4 heteroatoms. The van der Waals surface area contributed by atoms with Crippen LogP contribution in [0.5, 0.6) is 0 Å². The first-order valence-electron chi connectivity index (χ1n) is 6.06. The van der Waals surface area contributed by atoms with Crippen molar-refractivity contribution in [2.24, 2.45) is 0 Å². The van der Waals surface area contributed by atoms with Gasteiger partial charge in [0.15, 0.2) is 0 Å². The third kappa shape index (κ3) is 3.41. The zero-order valence-corrected chi connectivity index (χ0v) is 10.2. The molecule has 15 heavy (non-hydrogen) atoms. The van der Waals surface area contributed by atoms with E-state index >= 15 is 0 Å². The highest BCUT2D eigenvalue weighted by Gasteiger charge is 2.18. The molecule has 4 nitrogen and oxygen atoms in total. The molecular formula is C11H24N4. The quantitative estimate of drug-likeness (QED) is 0.621. The number of rotatable bonds is 3. The summed E-state index contributed by atoms with van der Waals surface area (Å²) in [6.07, 6.45) is 0. The predicted molar refractivity (Wildman–Crippen MR) is 63.0 cm³/mol. The fourth-order valence-electron chi connectivity index (χ4n) is 2.33. The summed E-state index contributed by atoms with van der Waals surface area (Å²) in [4.78, 5) is 9.96. The highest BCUT2D eigenvalue weighted by molar-refractivity contribution is 4.73. The Kier molecular flexibility index (Phi) is 3.97. The van der Waals surface area contributed by atoms with Crippen molar-refractivity contribution in [3.63, 3.8) is 0 Å². The Morgan fingerprint density at radius 3 is 1.80 bits per heavy atom. The molecule has 2 heterocycles. The van der Waals surface area contributed by atoms with Crippen molar-refractivity contribution < 1.29 is 0 Å². The summed E-state index contributed by atoms with van der Waals surface area (Å²) in [7, 11) is 4.42. The van der Waals surface area contributed by atoms with Crippen molar-refractivity contribution in [2.75, 3.05) is 73.1 Å². The number of hydrogen-bond acceptors (Lipinski definition) is 4. The monoisotopic (exact) mass is 212 g/mol. The number of hydrogen-bond donors (Lipinski definition) is 0. The van der Waals surface area contributed by atoms with Crippen LogP contribution in [0, 0.1) is 0 Å². The first-order chi connectivity index (χ1) is 7.24. The maximum Gasteiger partial charge on any atom is 0.0504 e. The van der Waals surface area contributed by atoms with E-state index in [2.05, 4.69) is 33.7 Å². The summed E-state index contributed by atoms with van der Waals surface area (Å²) in [5.41, 5.74) is 0. The van der Waals surface area contributed by atoms with Crippen LogP contribution in [0.3, 0.4) is 0 Å². The number of piperazine rings is 1. The molecule has 0 atom stereocenters. The van der Waals surface area contributed by atoms with E-state index in [9.17, 15) is 0 Å². The molecule has 0 amide bonds. The largest absolute Gasteiger partial charge is 0.304 e. The summed E-state index contributed by atoms with van der Waals surface area (Å²) < 4.78 is 0. The maximum absolute atomic E-state index is 2.60. The van der Waals surface area contributed by atoms with Crippen LogP contribution in [0.2, 0.25) is 0 Å². The van der Waals surface area contributed by atoms with Crippen molar-refractivity contribution in [1.82, 2.24) is 19.6 Å². The van der Waals surface area contributed by atoms with Gasteiger partial charge in [-0.25, -0.2) is 0 Å². The molecule has 0 bridgehead atoms. The van der Waals surface area contributed by atoms with Gasteiger partial charge in [-0.2, -0.15) is 0 Å². The first-order valence-corrected chi connectivity index (χ1v) is 6.06. The number of nitrogens with zero attached hydrogens (tertiary/aromatic N) is 4. The van der Waals surface area contributed by atoms with Gasteiger partial charge in [0, 0.05) is 52.4 Å². The zero-order valence-electron chi connectivity index (χ0n) is 10.2. The normalized spacial score (nSPS) is 27.6.